The van der Waals surface area contributed by atoms with Crippen molar-refractivity contribution < 1.29 is 9.13 Å². The fraction of sp³-hybridized carbons (Fsp3) is 0.267. The molecule has 0 aliphatic heterocycles. The summed E-state index contributed by atoms with van der Waals surface area (Å²) in [5, 5.41) is 0. The number of benzene rings is 1. The molecule has 0 amide bonds. The summed E-state index contributed by atoms with van der Waals surface area (Å²) in [5.74, 6) is -0.00792. The SMILES string of the molecule is NCCCn1cccc(OCc2ccc(F)cc2)c1=O. The van der Waals surface area contributed by atoms with E-state index in [1.165, 1.54) is 12.1 Å². The number of halogens is 1. The van der Waals surface area contributed by atoms with Crippen LogP contribution in [0.25, 0.3) is 0 Å². The molecule has 106 valence electrons. The predicted octanol–water partition coefficient (Wildman–Crippen LogP) is 1.92. The van der Waals surface area contributed by atoms with E-state index in [4.69, 9.17) is 10.5 Å². The molecule has 1 aromatic heterocycles. The van der Waals surface area contributed by atoms with Crippen molar-refractivity contribution in [2.24, 2.45) is 5.73 Å². The van der Waals surface area contributed by atoms with Crippen LogP contribution in [0.3, 0.4) is 0 Å². The first-order valence-corrected chi connectivity index (χ1v) is 6.47. The molecule has 20 heavy (non-hydrogen) atoms. The highest BCUT2D eigenvalue weighted by Gasteiger charge is 2.04. The molecular weight excluding hydrogens is 259 g/mol. The molecule has 2 aromatic rings. The van der Waals surface area contributed by atoms with E-state index in [0.29, 0.717) is 13.1 Å². The monoisotopic (exact) mass is 276 g/mol. The van der Waals surface area contributed by atoms with Gasteiger partial charge in [0.15, 0.2) is 5.75 Å². The van der Waals surface area contributed by atoms with Gasteiger partial charge in [0.1, 0.15) is 12.4 Å². The van der Waals surface area contributed by atoms with E-state index in [-0.39, 0.29) is 23.7 Å². The van der Waals surface area contributed by atoms with Gasteiger partial charge in [0, 0.05) is 12.7 Å². The Hall–Kier alpha value is -2.14. The topological polar surface area (TPSA) is 57.2 Å². The Morgan fingerprint density at radius 2 is 1.95 bits per heavy atom. The number of nitrogens with zero attached hydrogens (tertiary/aromatic N) is 1. The Balaban J connectivity index is 2.06. The summed E-state index contributed by atoms with van der Waals surface area (Å²) < 4.78 is 19.9. The first kappa shape index (κ1) is 14.3. The van der Waals surface area contributed by atoms with E-state index in [0.717, 1.165) is 12.0 Å². The molecule has 0 spiro atoms. The van der Waals surface area contributed by atoms with Crippen LogP contribution >= 0.6 is 0 Å². The summed E-state index contributed by atoms with van der Waals surface area (Å²) >= 11 is 0. The molecule has 0 radical (unpaired) electrons. The lowest BCUT2D eigenvalue weighted by molar-refractivity contribution is 0.298. The van der Waals surface area contributed by atoms with Gasteiger partial charge in [0.2, 0.25) is 0 Å². The molecule has 0 unspecified atom stereocenters. The second-order valence-electron chi connectivity index (χ2n) is 4.43. The summed E-state index contributed by atoms with van der Waals surface area (Å²) in [6, 6.07) is 9.38. The van der Waals surface area contributed by atoms with Crippen LogP contribution in [0.5, 0.6) is 5.75 Å². The van der Waals surface area contributed by atoms with Gasteiger partial charge >= 0.3 is 0 Å². The average molecular weight is 276 g/mol. The highest BCUT2D eigenvalue weighted by molar-refractivity contribution is 5.20. The quantitative estimate of drug-likeness (QED) is 0.877. The van der Waals surface area contributed by atoms with E-state index in [2.05, 4.69) is 0 Å². The number of aromatic nitrogens is 1. The van der Waals surface area contributed by atoms with Crippen molar-refractivity contribution in [3.63, 3.8) is 0 Å². The molecule has 0 saturated carbocycles. The molecule has 5 heteroatoms. The van der Waals surface area contributed by atoms with E-state index >= 15 is 0 Å². The van der Waals surface area contributed by atoms with Crippen LogP contribution in [0, 0.1) is 5.82 Å². The van der Waals surface area contributed by atoms with E-state index < -0.39 is 0 Å². The zero-order chi connectivity index (χ0) is 14.4. The van der Waals surface area contributed by atoms with Crippen LogP contribution in [-0.4, -0.2) is 11.1 Å². The maximum atomic E-state index is 12.8. The molecule has 2 N–H and O–H groups in total. The zero-order valence-electron chi connectivity index (χ0n) is 11.1. The van der Waals surface area contributed by atoms with Gasteiger partial charge in [0.25, 0.3) is 5.56 Å². The van der Waals surface area contributed by atoms with E-state index in [9.17, 15) is 9.18 Å². The second kappa shape index (κ2) is 6.86. The lowest BCUT2D eigenvalue weighted by Crippen LogP contribution is -2.22. The van der Waals surface area contributed by atoms with Crippen molar-refractivity contribution in [3.8, 4) is 5.75 Å². The van der Waals surface area contributed by atoms with Crippen molar-refractivity contribution in [2.45, 2.75) is 19.6 Å². The Morgan fingerprint density at radius 3 is 2.65 bits per heavy atom. The Bertz CT molecular complexity index is 608. The maximum Gasteiger partial charge on any atom is 0.292 e. The molecule has 1 aromatic carbocycles. The van der Waals surface area contributed by atoms with Crippen LogP contribution in [-0.2, 0) is 13.2 Å². The van der Waals surface area contributed by atoms with E-state index in [1.54, 1.807) is 35.0 Å². The molecule has 4 nitrogen and oxygen atoms in total. The minimum Gasteiger partial charge on any atom is -0.483 e. The van der Waals surface area contributed by atoms with Gasteiger partial charge < -0.3 is 15.0 Å². The number of ether oxygens (including phenoxy) is 1. The third-order valence-electron chi connectivity index (χ3n) is 2.90. The van der Waals surface area contributed by atoms with Crippen molar-refractivity contribution in [1.29, 1.82) is 0 Å². The molecule has 0 saturated heterocycles. The third kappa shape index (κ3) is 3.68. The predicted molar refractivity (Wildman–Crippen MR) is 75.1 cm³/mol. The minimum atomic E-state index is -0.294. The molecule has 1 heterocycles. The second-order valence-corrected chi connectivity index (χ2v) is 4.43. The largest absolute Gasteiger partial charge is 0.483 e. The molecule has 0 bridgehead atoms. The first-order valence-electron chi connectivity index (χ1n) is 6.47. The summed E-state index contributed by atoms with van der Waals surface area (Å²) in [5.41, 5.74) is 6.06. The fourth-order valence-corrected chi connectivity index (χ4v) is 1.80. The Kier molecular flexibility index (Phi) is 4.90. The van der Waals surface area contributed by atoms with Gasteiger partial charge in [-0.05, 0) is 42.8 Å². The van der Waals surface area contributed by atoms with Crippen molar-refractivity contribution >= 4 is 0 Å². The van der Waals surface area contributed by atoms with Gasteiger partial charge in [-0.25, -0.2) is 4.39 Å². The van der Waals surface area contributed by atoms with Crippen LogP contribution < -0.4 is 16.0 Å². The highest BCUT2D eigenvalue weighted by Crippen LogP contribution is 2.08. The van der Waals surface area contributed by atoms with Crippen LogP contribution in [0.2, 0.25) is 0 Å². The minimum absolute atomic E-state index is 0.178. The number of aryl methyl sites for hydroxylation is 1. The lowest BCUT2D eigenvalue weighted by atomic mass is 10.2. The van der Waals surface area contributed by atoms with Crippen molar-refractivity contribution in [3.05, 3.63) is 64.3 Å². The standard InChI is InChI=1S/C15H17FN2O2/c16-13-6-4-12(5-7-13)11-20-14-3-1-9-18(15(14)19)10-2-8-17/h1,3-7,9H,2,8,10-11,17H2. The zero-order valence-corrected chi connectivity index (χ0v) is 11.1. The van der Waals surface area contributed by atoms with Crippen LogP contribution in [0.15, 0.2) is 47.4 Å². The highest BCUT2D eigenvalue weighted by atomic mass is 19.1. The summed E-state index contributed by atoms with van der Waals surface area (Å²) in [4.78, 5) is 12.1. The number of hydrogen-bond donors (Lipinski definition) is 1. The number of hydrogen-bond acceptors (Lipinski definition) is 3. The third-order valence-corrected chi connectivity index (χ3v) is 2.90. The van der Waals surface area contributed by atoms with Gasteiger partial charge in [-0.1, -0.05) is 12.1 Å². The number of pyridine rings is 1. The fourth-order valence-electron chi connectivity index (χ4n) is 1.80. The maximum absolute atomic E-state index is 12.8. The molecular formula is C15H17FN2O2. The van der Waals surface area contributed by atoms with Gasteiger partial charge in [-0.3, -0.25) is 4.79 Å². The number of rotatable bonds is 6. The molecule has 2 rings (SSSR count). The van der Waals surface area contributed by atoms with Crippen molar-refractivity contribution in [1.82, 2.24) is 4.57 Å². The molecule has 0 aliphatic rings. The van der Waals surface area contributed by atoms with E-state index in [1.807, 2.05) is 0 Å². The number of nitrogens with two attached hydrogens (primary N) is 1. The lowest BCUT2D eigenvalue weighted by Gasteiger charge is -2.09. The van der Waals surface area contributed by atoms with Crippen LogP contribution in [0.4, 0.5) is 4.39 Å². The normalized spacial score (nSPS) is 10.5. The smallest absolute Gasteiger partial charge is 0.292 e. The molecule has 0 fully saturated rings. The van der Waals surface area contributed by atoms with Gasteiger partial charge in [-0.15, -0.1) is 0 Å². The first-order chi connectivity index (χ1) is 9.70. The summed E-state index contributed by atoms with van der Waals surface area (Å²) in [6.07, 6.45) is 2.45. The van der Waals surface area contributed by atoms with Crippen LogP contribution in [0.1, 0.15) is 12.0 Å². The summed E-state index contributed by atoms with van der Waals surface area (Å²) in [6.45, 7) is 1.34. The van der Waals surface area contributed by atoms with Crippen molar-refractivity contribution in [2.75, 3.05) is 6.54 Å². The molecule has 0 aliphatic carbocycles. The average Bonchev–Trinajstić information content (AvgIpc) is 2.47. The Morgan fingerprint density at radius 1 is 1.20 bits per heavy atom. The van der Waals surface area contributed by atoms with Gasteiger partial charge in [-0.2, -0.15) is 0 Å². The molecule has 0 atom stereocenters. The Labute approximate surface area is 116 Å². The summed E-state index contributed by atoms with van der Waals surface area (Å²) in [7, 11) is 0. The van der Waals surface area contributed by atoms with Gasteiger partial charge in [0.05, 0.1) is 0 Å².